The second-order valence-corrected chi connectivity index (χ2v) is 17.1. The fraction of sp³-hybridized carbons (Fsp3) is 0.750. The molecule has 0 aliphatic rings. The van der Waals surface area contributed by atoms with Crippen LogP contribution in [0.2, 0.25) is 18.1 Å². The molecular formula is C8H17Cl3O2Si2. The molecule has 0 rings (SSSR count). The van der Waals surface area contributed by atoms with Gasteiger partial charge in [0.1, 0.15) is 0 Å². The van der Waals surface area contributed by atoms with Crippen LogP contribution >= 0.6 is 33.2 Å². The Kier molecular flexibility index (Phi) is 5.09. The normalized spacial score (nSPS) is 13.6. The highest BCUT2D eigenvalue weighted by molar-refractivity contribution is 7.62. The molecule has 0 bridgehead atoms. The largest absolute Gasteiger partial charge is 0.557 e. The Hall–Kier alpha value is 0.644. The summed E-state index contributed by atoms with van der Waals surface area (Å²) in [5.41, 5.74) is 0. The van der Waals surface area contributed by atoms with Crippen molar-refractivity contribution < 1.29 is 8.85 Å². The van der Waals surface area contributed by atoms with Crippen LogP contribution < -0.4 is 0 Å². The number of rotatable bonds is 4. The maximum atomic E-state index is 5.68. The molecule has 0 spiro atoms. The van der Waals surface area contributed by atoms with E-state index in [1.54, 1.807) is 0 Å². The first-order valence-electron chi connectivity index (χ1n) is 4.49. The first-order valence-corrected chi connectivity index (χ1v) is 12.3. The third-order valence-corrected chi connectivity index (χ3v) is 7.91. The van der Waals surface area contributed by atoms with Crippen molar-refractivity contribution in [1.82, 2.24) is 0 Å². The minimum Gasteiger partial charge on any atom is -0.520 e. The molecule has 0 fully saturated rings. The monoisotopic (exact) mass is 306 g/mol. The predicted octanol–water partition coefficient (Wildman–Crippen LogP) is 4.65. The lowest BCUT2D eigenvalue weighted by atomic mass is 10.2. The Morgan fingerprint density at radius 1 is 1.07 bits per heavy atom. The van der Waals surface area contributed by atoms with E-state index in [9.17, 15) is 0 Å². The van der Waals surface area contributed by atoms with Crippen LogP contribution in [0.15, 0.2) is 12.5 Å². The van der Waals surface area contributed by atoms with Crippen molar-refractivity contribution in [2.45, 2.75) is 38.9 Å². The fourth-order valence-corrected chi connectivity index (χ4v) is 2.66. The van der Waals surface area contributed by atoms with E-state index in [2.05, 4.69) is 40.4 Å². The molecule has 90 valence electrons. The lowest BCUT2D eigenvalue weighted by Crippen LogP contribution is -2.41. The summed E-state index contributed by atoms with van der Waals surface area (Å²) in [7, 11) is -1.95. The molecule has 0 aromatic carbocycles. The van der Waals surface area contributed by atoms with Gasteiger partial charge in [0.25, 0.3) is 8.32 Å². The first-order chi connectivity index (χ1) is 6.35. The van der Waals surface area contributed by atoms with E-state index in [4.69, 9.17) is 42.1 Å². The second-order valence-electron chi connectivity index (χ2n) is 4.78. The Balaban J connectivity index is 4.43. The summed E-state index contributed by atoms with van der Waals surface area (Å²) in [5.74, 6) is 0.119. The van der Waals surface area contributed by atoms with E-state index in [1.807, 2.05) is 0 Å². The molecule has 0 aliphatic carbocycles. The van der Waals surface area contributed by atoms with E-state index in [1.165, 1.54) is 0 Å². The van der Waals surface area contributed by atoms with Crippen LogP contribution in [0.25, 0.3) is 0 Å². The van der Waals surface area contributed by atoms with Crippen LogP contribution in [-0.2, 0) is 8.85 Å². The van der Waals surface area contributed by atoms with Crippen LogP contribution in [0.5, 0.6) is 0 Å². The molecule has 0 aromatic rings. The van der Waals surface area contributed by atoms with Crippen molar-refractivity contribution in [3.05, 3.63) is 12.5 Å². The van der Waals surface area contributed by atoms with Crippen molar-refractivity contribution >= 4 is 47.8 Å². The average Bonchev–Trinajstić information content (AvgIpc) is 1.75. The Bertz CT molecular complexity index is 243. The minimum absolute atomic E-state index is 0.0639. The zero-order chi connectivity index (χ0) is 12.5. The molecule has 0 unspecified atom stereocenters. The Morgan fingerprint density at radius 3 is 1.73 bits per heavy atom. The Morgan fingerprint density at radius 2 is 1.47 bits per heavy atom. The van der Waals surface area contributed by atoms with Crippen LogP contribution in [0.3, 0.4) is 0 Å². The van der Waals surface area contributed by atoms with Crippen LogP contribution in [-0.4, -0.2) is 14.6 Å². The number of hydrogen-bond acceptors (Lipinski definition) is 2. The molecule has 0 saturated carbocycles. The van der Waals surface area contributed by atoms with Gasteiger partial charge in [0.2, 0.25) is 5.95 Å². The molecule has 2 nitrogen and oxygen atoms in total. The van der Waals surface area contributed by atoms with Gasteiger partial charge in [0.15, 0.2) is 0 Å². The van der Waals surface area contributed by atoms with E-state index in [0.717, 1.165) is 0 Å². The number of halogens is 3. The SMILES string of the molecule is C=C(O[Si](Cl)(Cl)Cl)O[Si](C)(C)C(C)(C)C. The molecule has 7 heteroatoms. The van der Waals surface area contributed by atoms with Crippen molar-refractivity contribution in [2.24, 2.45) is 0 Å². The number of hydrogen-bond donors (Lipinski definition) is 0. The highest BCUT2D eigenvalue weighted by Crippen LogP contribution is 2.38. The maximum Gasteiger partial charge on any atom is 0.557 e. The first kappa shape index (κ1) is 15.6. The van der Waals surface area contributed by atoms with Gasteiger partial charge in [-0.15, -0.1) is 0 Å². The second kappa shape index (κ2) is 4.88. The summed E-state index contributed by atoms with van der Waals surface area (Å²) < 4.78 is 10.7. The van der Waals surface area contributed by atoms with Gasteiger partial charge in [0, 0.05) is 0 Å². The summed E-state index contributed by atoms with van der Waals surface area (Å²) in [5, 5.41) is 0.0639. The summed E-state index contributed by atoms with van der Waals surface area (Å²) in [4.78, 5) is 0. The lowest BCUT2D eigenvalue weighted by Gasteiger charge is -2.36. The topological polar surface area (TPSA) is 18.5 Å². The maximum absolute atomic E-state index is 5.68. The van der Waals surface area contributed by atoms with Gasteiger partial charge in [0.05, 0.1) is 0 Å². The molecule has 0 N–H and O–H groups in total. The van der Waals surface area contributed by atoms with Crippen LogP contribution in [0, 0.1) is 0 Å². The Labute approximate surface area is 108 Å². The molecule has 0 atom stereocenters. The third-order valence-electron chi connectivity index (χ3n) is 2.40. The van der Waals surface area contributed by atoms with Crippen molar-refractivity contribution in [2.75, 3.05) is 0 Å². The van der Waals surface area contributed by atoms with Gasteiger partial charge in [-0.1, -0.05) is 54.0 Å². The summed E-state index contributed by atoms with van der Waals surface area (Å²) >= 11 is 16.8. The zero-order valence-electron chi connectivity index (χ0n) is 9.66. The van der Waals surface area contributed by atoms with Gasteiger partial charge in [-0.2, -0.15) is 0 Å². The zero-order valence-corrected chi connectivity index (χ0v) is 13.9. The quantitative estimate of drug-likeness (QED) is 0.428. The summed E-state index contributed by atoms with van der Waals surface area (Å²) in [6, 6.07) is 0. The van der Waals surface area contributed by atoms with E-state index < -0.39 is 14.6 Å². The minimum atomic E-state index is -3.16. The molecule has 0 saturated heterocycles. The molecule has 0 amide bonds. The average molecular weight is 308 g/mol. The van der Waals surface area contributed by atoms with Gasteiger partial charge < -0.3 is 8.85 Å². The molecule has 0 radical (unpaired) electrons. The van der Waals surface area contributed by atoms with Crippen molar-refractivity contribution in [3.63, 3.8) is 0 Å². The summed E-state index contributed by atoms with van der Waals surface area (Å²) in [6.45, 7) is 14.1. The fourth-order valence-electron chi connectivity index (χ4n) is 0.588. The van der Waals surface area contributed by atoms with Crippen LogP contribution in [0.4, 0.5) is 0 Å². The highest BCUT2D eigenvalue weighted by atomic mass is 35.8. The standard InChI is InChI=1S/C8H17Cl3O2Si2/c1-7(13-15(9,10)11)12-14(5,6)8(2,3)4/h1H2,2-6H3. The van der Waals surface area contributed by atoms with Crippen molar-refractivity contribution in [1.29, 1.82) is 0 Å². The highest BCUT2D eigenvalue weighted by Gasteiger charge is 2.41. The van der Waals surface area contributed by atoms with E-state index >= 15 is 0 Å². The molecular weight excluding hydrogens is 291 g/mol. The molecule has 15 heavy (non-hydrogen) atoms. The van der Waals surface area contributed by atoms with E-state index in [-0.39, 0.29) is 11.0 Å². The van der Waals surface area contributed by atoms with Gasteiger partial charge in [-0.25, -0.2) is 0 Å². The third kappa shape index (κ3) is 6.07. The molecule has 0 heterocycles. The molecule has 0 aliphatic heterocycles. The predicted molar refractivity (Wildman–Crippen MR) is 71.8 cm³/mol. The lowest BCUT2D eigenvalue weighted by molar-refractivity contribution is 0.219. The van der Waals surface area contributed by atoms with Gasteiger partial charge in [-0.05, 0) is 24.7 Å². The van der Waals surface area contributed by atoms with E-state index in [0.29, 0.717) is 0 Å². The van der Waals surface area contributed by atoms with Crippen LogP contribution in [0.1, 0.15) is 20.8 Å². The molecule has 0 aromatic heterocycles. The van der Waals surface area contributed by atoms with Crippen molar-refractivity contribution in [3.8, 4) is 0 Å². The van der Waals surface area contributed by atoms with Gasteiger partial charge >= 0.3 is 6.25 Å². The summed E-state index contributed by atoms with van der Waals surface area (Å²) in [6.07, 6.45) is -3.16. The van der Waals surface area contributed by atoms with Gasteiger partial charge in [-0.3, -0.25) is 0 Å². The smallest absolute Gasteiger partial charge is 0.520 e.